The number of benzene rings is 1. The van der Waals surface area contributed by atoms with Gasteiger partial charge in [-0.05, 0) is 34.7 Å². The molecule has 1 aromatic carbocycles. The van der Waals surface area contributed by atoms with Gasteiger partial charge in [0.15, 0.2) is 11.6 Å². The molecule has 0 spiro atoms. The molecule has 2 amide bonds. The molecule has 0 radical (unpaired) electrons. The molecule has 1 aromatic rings. The van der Waals surface area contributed by atoms with Gasteiger partial charge < -0.3 is 10.6 Å². The van der Waals surface area contributed by atoms with Crippen LogP contribution in [0.15, 0.2) is 12.1 Å². The number of rotatable bonds is 2. The van der Waals surface area contributed by atoms with Crippen LogP contribution in [0.3, 0.4) is 0 Å². The summed E-state index contributed by atoms with van der Waals surface area (Å²) in [6.07, 6.45) is -0.111. The van der Waals surface area contributed by atoms with Gasteiger partial charge in [-0.1, -0.05) is 0 Å². The minimum absolute atomic E-state index is 0.0808. The highest BCUT2D eigenvalue weighted by molar-refractivity contribution is 14.1. The van der Waals surface area contributed by atoms with E-state index in [9.17, 15) is 18.4 Å². The zero-order chi connectivity index (χ0) is 13.4. The van der Waals surface area contributed by atoms with Gasteiger partial charge in [-0.3, -0.25) is 9.59 Å². The topological polar surface area (TPSA) is 63.4 Å². The van der Waals surface area contributed by atoms with Crippen molar-refractivity contribution in [1.29, 1.82) is 0 Å². The van der Waals surface area contributed by atoms with Gasteiger partial charge >= 0.3 is 0 Å². The van der Waals surface area contributed by atoms with Crippen molar-refractivity contribution in [3.8, 4) is 0 Å². The molecule has 1 unspecified atom stereocenters. The van der Waals surface area contributed by atoms with Gasteiger partial charge in [0.25, 0.3) is 0 Å². The molecule has 1 atom stereocenters. The number of halogens is 3. The van der Waals surface area contributed by atoms with Crippen molar-refractivity contribution in [2.75, 3.05) is 11.4 Å². The number of anilines is 1. The summed E-state index contributed by atoms with van der Waals surface area (Å²) in [7, 11) is 0. The Morgan fingerprint density at radius 1 is 1.39 bits per heavy atom. The van der Waals surface area contributed by atoms with Gasteiger partial charge in [0.05, 0.1) is 5.92 Å². The lowest BCUT2D eigenvalue weighted by molar-refractivity contribution is -0.123. The van der Waals surface area contributed by atoms with E-state index in [0.717, 1.165) is 17.0 Å². The molecule has 1 aliphatic heterocycles. The maximum atomic E-state index is 13.7. The standard InChI is InChI=1S/C11H9F2IN2O2/c12-7-2-6(14)3-8(13)10(7)16-4-5(11(15)18)1-9(16)17/h2-3,5H,1,4H2,(H2,15,18). The molecule has 0 bridgehead atoms. The van der Waals surface area contributed by atoms with E-state index in [2.05, 4.69) is 0 Å². The number of carbonyl (C=O) groups is 2. The Morgan fingerprint density at radius 2 is 1.94 bits per heavy atom. The van der Waals surface area contributed by atoms with E-state index in [1.807, 2.05) is 0 Å². The maximum Gasteiger partial charge on any atom is 0.228 e. The number of hydrogen-bond acceptors (Lipinski definition) is 2. The summed E-state index contributed by atoms with van der Waals surface area (Å²) in [5.41, 5.74) is 4.68. The quantitative estimate of drug-likeness (QED) is 0.805. The van der Waals surface area contributed by atoms with Crippen LogP contribution in [0.25, 0.3) is 0 Å². The molecule has 1 aliphatic rings. The normalized spacial score (nSPS) is 19.4. The third-order valence-corrected chi connectivity index (χ3v) is 3.40. The van der Waals surface area contributed by atoms with Gasteiger partial charge in [-0.2, -0.15) is 0 Å². The Bertz CT molecular complexity index is 513. The molecule has 0 aromatic heterocycles. The number of nitrogens with zero attached hydrogens (tertiary/aromatic N) is 1. The molecule has 7 heteroatoms. The minimum atomic E-state index is -0.821. The predicted octanol–water partition coefficient (Wildman–Crippen LogP) is 1.41. The Kier molecular flexibility index (Phi) is 3.51. The van der Waals surface area contributed by atoms with Crippen LogP contribution in [-0.4, -0.2) is 18.4 Å². The van der Waals surface area contributed by atoms with Crippen molar-refractivity contribution in [1.82, 2.24) is 0 Å². The number of amides is 2. The van der Waals surface area contributed by atoms with E-state index in [1.165, 1.54) is 0 Å². The van der Waals surface area contributed by atoms with Crippen molar-refractivity contribution in [2.45, 2.75) is 6.42 Å². The van der Waals surface area contributed by atoms with Gasteiger partial charge in [0.1, 0.15) is 5.69 Å². The first-order valence-corrected chi connectivity index (χ1v) is 6.22. The first-order valence-electron chi connectivity index (χ1n) is 5.14. The van der Waals surface area contributed by atoms with E-state index in [1.54, 1.807) is 22.6 Å². The molecule has 2 N–H and O–H groups in total. The van der Waals surface area contributed by atoms with Crippen LogP contribution in [-0.2, 0) is 9.59 Å². The summed E-state index contributed by atoms with van der Waals surface area (Å²) in [5, 5.41) is 0. The van der Waals surface area contributed by atoms with Crippen molar-refractivity contribution >= 4 is 40.1 Å². The largest absolute Gasteiger partial charge is 0.369 e. The van der Waals surface area contributed by atoms with E-state index in [4.69, 9.17) is 5.73 Å². The highest BCUT2D eigenvalue weighted by Crippen LogP contribution is 2.30. The molecule has 1 heterocycles. The average molecular weight is 366 g/mol. The van der Waals surface area contributed by atoms with Crippen molar-refractivity contribution in [2.24, 2.45) is 11.7 Å². The van der Waals surface area contributed by atoms with E-state index in [-0.39, 0.29) is 13.0 Å². The highest BCUT2D eigenvalue weighted by Gasteiger charge is 2.36. The summed E-state index contributed by atoms with van der Waals surface area (Å²) in [4.78, 5) is 23.6. The Balaban J connectivity index is 2.39. The predicted molar refractivity (Wildman–Crippen MR) is 68.7 cm³/mol. The number of carbonyl (C=O) groups excluding carboxylic acids is 2. The SMILES string of the molecule is NC(=O)C1CC(=O)N(c2c(F)cc(I)cc2F)C1. The molecule has 1 fully saturated rings. The Labute approximate surface area is 115 Å². The second kappa shape index (κ2) is 4.79. The molecule has 96 valence electrons. The van der Waals surface area contributed by atoms with Gasteiger partial charge in [-0.25, -0.2) is 8.78 Å². The lowest BCUT2D eigenvalue weighted by Crippen LogP contribution is -2.29. The van der Waals surface area contributed by atoms with Crippen LogP contribution in [0.5, 0.6) is 0 Å². The fourth-order valence-corrected chi connectivity index (χ4v) is 2.45. The minimum Gasteiger partial charge on any atom is -0.369 e. The molecule has 0 aliphatic carbocycles. The fraction of sp³-hybridized carbons (Fsp3) is 0.273. The first kappa shape index (κ1) is 13.2. The van der Waals surface area contributed by atoms with E-state index >= 15 is 0 Å². The van der Waals surface area contributed by atoms with Gasteiger partial charge in [-0.15, -0.1) is 0 Å². The summed E-state index contributed by atoms with van der Waals surface area (Å²) < 4.78 is 27.8. The van der Waals surface area contributed by atoms with Crippen molar-refractivity contribution in [3.05, 3.63) is 27.3 Å². The summed E-state index contributed by atoms with van der Waals surface area (Å²) in [6, 6.07) is 2.26. The summed E-state index contributed by atoms with van der Waals surface area (Å²) in [5.74, 6) is -3.48. The Hall–Kier alpha value is -1.25. The van der Waals surface area contributed by atoms with Gasteiger partial charge in [0.2, 0.25) is 11.8 Å². The molecule has 1 saturated heterocycles. The third kappa shape index (κ3) is 2.31. The third-order valence-electron chi connectivity index (χ3n) is 2.78. The molecular formula is C11H9F2IN2O2. The lowest BCUT2D eigenvalue weighted by atomic mass is 10.1. The van der Waals surface area contributed by atoms with Crippen LogP contribution in [0, 0.1) is 21.1 Å². The maximum absolute atomic E-state index is 13.7. The van der Waals surface area contributed by atoms with Crippen LogP contribution in [0.2, 0.25) is 0 Å². The molecular weight excluding hydrogens is 357 g/mol. The smallest absolute Gasteiger partial charge is 0.228 e. The molecule has 18 heavy (non-hydrogen) atoms. The van der Waals surface area contributed by atoms with Crippen LogP contribution in [0.1, 0.15) is 6.42 Å². The molecule has 2 rings (SSSR count). The van der Waals surface area contributed by atoms with Crippen LogP contribution in [0.4, 0.5) is 14.5 Å². The first-order chi connectivity index (χ1) is 8.40. The second-order valence-corrected chi connectivity index (χ2v) is 5.27. The summed E-state index contributed by atoms with van der Waals surface area (Å²) in [6.45, 7) is -0.0808. The van der Waals surface area contributed by atoms with E-state index in [0.29, 0.717) is 3.57 Å². The average Bonchev–Trinajstić information content (AvgIpc) is 2.59. The fourth-order valence-electron chi connectivity index (χ4n) is 1.91. The monoisotopic (exact) mass is 366 g/mol. The second-order valence-electron chi connectivity index (χ2n) is 4.03. The number of primary amides is 1. The lowest BCUT2D eigenvalue weighted by Gasteiger charge is -2.18. The zero-order valence-electron chi connectivity index (χ0n) is 9.12. The highest BCUT2D eigenvalue weighted by atomic mass is 127. The van der Waals surface area contributed by atoms with Gasteiger partial charge in [0, 0.05) is 16.5 Å². The Morgan fingerprint density at radius 3 is 2.39 bits per heavy atom. The zero-order valence-corrected chi connectivity index (χ0v) is 11.3. The van der Waals surface area contributed by atoms with E-state index < -0.39 is 35.1 Å². The van der Waals surface area contributed by atoms with Crippen LogP contribution < -0.4 is 10.6 Å². The number of nitrogens with two attached hydrogens (primary N) is 1. The molecule has 0 saturated carbocycles. The van der Waals surface area contributed by atoms with Crippen LogP contribution >= 0.6 is 22.6 Å². The number of hydrogen-bond donors (Lipinski definition) is 1. The molecule has 4 nitrogen and oxygen atoms in total. The van der Waals surface area contributed by atoms with Crippen molar-refractivity contribution < 1.29 is 18.4 Å². The summed E-state index contributed by atoms with van der Waals surface area (Å²) >= 11 is 1.77. The van der Waals surface area contributed by atoms with Crippen molar-refractivity contribution in [3.63, 3.8) is 0 Å².